The van der Waals surface area contributed by atoms with Gasteiger partial charge in [-0.25, -0.2) is 4.98 Å². The summed E-state index contributed by atoms with van der Waals surface area (Å²) in [5, 5.41) is 4.24. The Bertz CT molecular complexity index is 1210. The zero-order valence-corrected chi connectivity index (χ0v) is 17.8. The highest BCUT2D eigenvalue weighted by Crippen LogP contribution is 2.27. The Balaban J connectivity index is 1.34. The summed E-state index contributed by atoms with van der Waals surface area (Å²) in [4.78, 5) is 16.6. The van der Waals surface area contributed by atoms with E-state index in [-0.39, 0.29) is 12.5 Å². The van der Waals surface area contributed by atoms with Crippen molar-refractivity contribution in [2.24, 2.45) is 0 Å². The fourth-order valence-corrected chi connectivity index (χ4v) is 3.47. The quantitative estimate of drug-likeness (QED) is 0.361. The molecule has 8 heteroatoms. The first-order valence-corrected chi connectivity index (χ1v) is 10.1. The fourth-order valence-electron chi connectivity index (χ4n) is 2.84. The number of amides is 1. The molecule has 5 nitrogen and oxygen atoms in total. The molecule has 0 atom stereocenters. The molecular formula is C22H15Cl3N2O3. The van der Waals surface area contributed by atoms with Crippen LogP contribution < -0.4 is 10.1 Å². The number of ether oxygens (including phenoxy) is 1. The van der Waals surface area contributed by atoms with Crippen LogP contribution in [0.2, 0.25) is 15.1 Å². The number of rotatable bonds is 6. The minimum Gasteiger partial charge on any atom is -0.482 e. The highest BCUT2D eigenvalue weighted by atomic mass is 35.5. The third-order valence-corrected chi connectivity index (χ3v) is 5.01. The Labute approximate surface area is 187 Å². The van der Waals surface area contributed by atoms with Crippen molar-refractivity contribution in [3.63, 3.8) is 0 Å². The first kappa shape index (κ1) is 20.5. The molecule has 0 aliphatic rings. The number of nitrogens with zero attached hydrogens (tertiary/aromatic N) is 1. The normalized spacial score (nSPS) is 10.9. The van der Waals surface area contributed by atoms with Crippen LogP contribution in [0.4, 0.5) is 5.69 Å². The van der Waals surface area contributed by atoms with Crippen LogP contribution in [0.5, 0.6) is 5.75 Å². The Morgan fingerprint density at radius 2 is 1.70 bits per heavy atom. The van der Waals surface area contributed by atoms with Crippen molar-refractivity contribution in [3.05, 3.63) is 87.2 Å². The average molecular weight is 462 g/mol. The molecule has 1 amide bonds. The minimum atomic E-state index is -0.301. The standard InChI is InChI=1S/C22H15Cl3N2O3/c23-14-3-7-19(17(25)10-14)29-12-21(28)26-16-5-1-13(2-6-16)9-22-27-18-11-15(24)4-8-20(18)30-22/h1-8,10-11H,9,12H2,(H,26,28). The van der Waals surface area contributed by atoms with Gasteiger partial charge >= 0.3 is 0 Å². The highest BCUT2D eigenvalue weighted by Gasteiger charge is 2.09. The predicted molar refractivity (Wildman–Crippen MR) is 119 cm³/mol. The molecule has 4 aromatic rings. The number of halogens is 3. The van der Waals surface area contributed by atoms with E-state index in [4.69, 9.17) is 44.0 Å². The molecular weight excluding hydrogens is 447 g/mol. The minimum absolute atomic E-state index is 0.172. The molecule has 0 unspecified atom stereocenters. The summed E-state index contributed by atoms with van der Waals surface area (Å²) in [5.74, 6) is 0.688. The molecule has 0 bridgehead atoms. The number of hydrogen-bond donors (Lipinski definition) is 1. The van der Waals surface area contributed by atoms with E-state index in [9.17, 15) is 4.79 Å². The van der Waals surface area contributed by atoms with Crippen LogP contribution in [0.25, 0.3) is 11.1 Å². The molecule has 1 N–H and O–H groups in total. The number of aromatic nitrogens is 1. The van der Waals surface area contributed by atoms with Crippen molar-refractivity contribution < 1.29 is 13.9 Å². The van der Waals surface area contributed by atoms with Gasteiger partial charge in [-0.1, -0.05) is 46.9 Å². The molecule has 0 aliphatic heterocycles. The fraction of sp³-hybridized carbons (Fsp3) is 0.0909. The van der Waals surface area contributed by atoms with Crippen LogP contribution in [-0.2, 0) is 11.2 Å². The molecule has 0 saturated carbocycles. The van der Waals surface area contributed by atoms with Crippen molar-refractivity contribution in [1.82, 2.24) is 4.98 Å². The number of anilines is 1. The molecule has 152 valence electrons. The lowest BCUT2D eigenvalue weighted by Gasteiger charge is -2.09. The second-order valence-corrected chi connectivity index (χ2v) is 7.79. The third kappa shape index (κ3) is 5.05. The summed E-state index contributed by atoms with van der Waals surface area (Å²) in [6.45, 7) is -0.172. The zero-order valence-electron chi connectivity index (χ0n) is 15.5. The van der Waals surface area contributed by atoms with Crippen LogP contribution in [0.3, 0.4) is 0 Å². The number of fused-ring (bicyclic) bond motifs is 1. The molecule has 1 aromatic heterocycles. The van der Waals surface area contributed by atoms with Crippen LogP contribution in [0.1, 0.15) is 11.5 Å². The lowest BCUT2D eigenvalue weighted by molar-refractivity contribution is -0.118. The van der Waals surface area contributed by atoms with Gasteiger partial charge in [0.05, 0.1) is 5.02 Å². The Hall–Kier alpha value is -2.73. The van der Waals surface area contributed by atoms with Gasteiger partial charge < -0.3 is 14.5 Å². The zero-order chi connectivity index (χ0) is 21.1. The SMILES string of the molecule is O=C(COc1ccc(Cl)cc1Cl)Nc1ccc(Cc2nc3cc(Cl)ccc3o2)cc1. The summed E-state index contributed by atoms with van der Waals surface area (Å²) < 4.78 is 11.2. The maximum Gasteiger partial charge on any atom is 0.262 e. The summed E-state index contributed by atoms with van der Waals surface area (Å²) in [6.07, 6.45) is 0.526. The van der Waals surface area contributed by atoms with Crippen molar-refractivity contribution in [3.8, 4) is 5.75 Å². The number of oxazole rings is 1. The summed E-state index contributed by atoms with van der Waals surface area (Å²) in [7, 11) is 0. The smallest absolute Gasteiger partial charge is 0.262 e. The van der Waals surface area contributed by atoms with E-state index in [0.717, 1.165) is 11.1 Å². The van der Waals surface area contributed by atoms with Crippen LogP contribution in [0, 0.1) is 0 Å². The van der Waals surface area contributed by atoms with E-state index in [1.807, 2.05) is 24.3 Å². The summed E-state index contributed by atoms with van der Waals surface area (Å²) in [6, 6.07) is 17.6. The molecule has 1 heterocycles. The molecule has 30 heavy (non-hydrogen) atoms. The van der Waals surface area contributed by atoms with Crippen LogP contribution in [0.15, 0.2) is 65.1 Å². The lowest BCUT2D eigenvalue weighted by atomic mass is 10.1. The number of benzene rings is 3. The molecule has 4 rings (SSSR count). The van der Waals surface area contributed by atoms with E-state index < -0.39 is 0 Å². The van der Waals surface area contributed by atoms with Crippen LogP contribution >= 0.6 is 34.8 Å². The largest absolute Gasteiger partial charge is 0.482 e. The van der Waals surface area contributed by atoms with E-state index in [0.29, 0.717) is 44.4 Å². The number of carbonyl (C=O) groups excluding carboxylic acids is 1. The van der Waals surface area contributed by atoms with Gasteiger partial charge in [0.2, 0.25) is 0 Å². The first-order valence-electron chi connectivity index (χ1n) is 8.98. The summed E-state index contributed by atoms with van der Waals surface area (Å²) in [5.41, 5.74) is 3.06. The topological polar surface area (TPSA) is 64.4 Å². The number of nitrogens with one attached hydrogen (secondary N) is 1. The third-order valence-electron chi connectivity index (χ3n) is 4.24. The van der Waals surface area contributed by atoms with Gasteiger partial charge in [0.15, 0.2) is 18.1 Å². The Morgan fingerprint density at radius 1 is 0.967 bits per heavy atom. The second kappa shape index (κ2) is 8.96. The molecule has 3 aromatic carbocycles. The van der Waals surface area contributed by atoms with Crippen molar-refractivity contribution in [2.45, 2.75) is 6.42 Å². The molecule has 0 spiro atoms. The maximum absolute atomic E-state index is 12.1. The predicted octanol–water partition coefficient (Wildman–Crippen LogP) is 6.40. The maximum atomic E-state index is 12.1. The monoisotopic (exact) mass is 460 g/mol. The Morgan fingerprint density at radius 3 is 2.47 bits per heavy atom. The van der Waals surface area contributed by atoms with Gasteiger partial charge in [0, 0.05) is 22.2 Å². The van der Waals surface area contributed by atoms with Gasteiger partial charge in [0.25, 0.3) is 5.91 Å². The van der Waals surface area contributed by atoms with Crippen molar-refractivity contribution >= 4 is 57.5 Å². The van der Waals surface area contributed by atoms with Gasteiger partial charge in [-0.3, -0.25) is 4.79 Å². The van der Waals surface area contributed by atoms with Gasteiger partial charge in [-0.15, -0.1) is 0 Å². The van der Waals surface area contributed by atoms with E-state index in [1.165, 1.54) is 0 Å². The second-order valence-electron chi connectivity index (χ2n) is 6.50. The van der Waals surface area contributed by atoms with Gasteiger partial charge in [-0.05, 0) is 54.1 Å². The lowest BCUT2D eigenvalue weighted by Crippen LogP contribution is -2.20. The van der Waals surface area contributed by atoms with E-state index in [2.05, 4.69) is 10.3 Å². The van der Waals surface area contributed by atoms with Gasteiger partial charge in [-0.2, -0.15) is 0 Å². The molecule has 0 saturated heterocycles. The molecule has 0 aliphatic carbocycles. The molecule has 0 fully saturated rings. The number of carbonyl (C=O) groups is 1. The van der Waals surface area contributed by atoms with E-state index >= 15 is 0 Å². The van der Waals surface area contributed by atoms with Crippen molar-refractivity contribution in [1.29, 1.82) is 0 Å². The van der Waals surface area contributed by atoms with Gasteiger partial charge in [0.1, 0.15) is 11.3 Å². The van der Waals surface area contributed by atoms with Crippen molar-refractivity contribution in [2.75, 3.05) is 11.9 Å². The number of hydrogen-bond acceptors (Lipinski definition) is 4. The molecule has 0 radical (unpaired) electrons. The van der Waals surface area contributed by atoms with Crippen LogP contribution in [-0.4, -0.2) is 17.5 Å². The van der Waals surface area contributed by atoms with E-state index in [1.54, 1.807) is 36.4 Å². The highest BCUT2D eigenvalue weighted by molar-refractivity contribution is 6.35. The average Bonchev–Trinajstić information content (AvgIpc) is 3.10. The Kier molecular flexibility index (Phi) is 6.13. The first-order chi connectivity index (χ1) is 14.5. The summed E-state index contributed by atoms with van der Waals surface area (Å²) >= 11 is 17.9.